The van der Waals surface area contributed by atoms with E-state index in [9.17, 15) is 0 Å². The van der Waals surface area contributed by atoms with E-state index in [-0.39, 0.29) is 16.2 Å². The van der Waals surface area contributed by atoms with Crippen LogP contribution in [0.25, 0.3) is 0 Å². The smallest absolute Gasteiger partial charge is 0.0570 e. The van der Waals surface area contributed by atoms with Crippen LogP contribution in [0.3, 0.4) is 0 Å². The highest BCUT2D eigenvalue weighted by molar-refractivity contribution is 9.10. The van der Waals surface area contributed by atoms with Crippen LogP contribution in [0.2, 0.25) is 0 Å². The van der Waals surface area contributed by atoms with Gasteiger partial charge in [-0.25, -0.2) is 0 Å². The fourth-order valence-corrected chi connectivity index (χ4v) is 4.14. The number of rotatable bonds is 0. The number of anilines is 2. The summed E-state index contributed by atoms with van der Waals surface area (Å²) in [5, 5.41) is 3.67. The first-order chi connectivity index (χ1) is 11.3. The molecule has 25 heavy (non-hydrogen) atoms. The molecule has 0 radical (unpaired) electrons. The van der Waals surface area contributed by atoms with Crippen LogP contribution in [-0.2, 0) is 16.2 Å². The van der Waals surface area contributed by atoms with Gasteiger partial charge in [-0.2, -0.15) is 0 Å². The SMILES string of the molecule is CC(C)(C)c1ccc2c(c1)C(C)(C)c1cc(C(C)(C)C)cc(Br)c1N2. The third-order valence-corrected chi connectivity index (χ3v) is 6.07. The average Bonchev–Trinajstić information content (AvgIpc) is 2.46. The lowest BCUT2D eigenvalue weighted by molar-refractivity contribution is 0.574. The summed E-state index contributed by atoms with van der Waals surface area (Å²) in [7, 11) is 0. The Morgan fingerprint density at radius 2 is 1.36 bits per heavy atom. The monoisotopic (exact) mass is 399 g/mol. The normalized spacial score (nSPS) is 16.0. The van der Waals surface area contributed by atoms with Crippen LogP contribution in [0, 0.1) is 0 Å². The Balaban J connectivity index is 2.23. The summed E-state index contributed by atoms with van der Waals surface area (Å²) in [6.07, 6.45) is 0. The molecule has 0 saturated carbocycles. The van der Waals surface area contributed by atoms with Gasteiger partial charge in [-0.1, -0.05) is 73.6 Å². The predicted octanol–water partition coefficient (Wildman–Crippen LogP) is 7.43. The van der Waals surface area contributed by atoms with Crippen LogP contribution in [-0.4, -0.2) is 0 Å². The largest absolute Gasteiger partial charge is 0.354 e. The Morgan fingerprint density at radius 1 is 0.800 bits per heavy atom. The third-order valence-electron chi connectivity index (χ3n) is 5.45. The molecular formula is C23H30BrN. The third kappa shape index (κ3) is 3.14. The van der Waals surface area contributed by atoms with Crippen molar-refractivity contribution >= 4 is 27.3 Å². The molecule has 1 heterocycles. The Morgan fingerprint density at radius 3 is 1.92 bits per heavy atom. The summed E-state index contributed by atoms with van der Waals surface area (Å²) in [6.45, 7) is 18.3. The Bertz CT molecular complexity index is 832. The average molecular weight is 400 g/mol. The minimum atomic E-state index is -0.0407. The van der Waals surface area contributed by atoms with Gasteiger partial charge in [0.25, 0.3) is 0 Å². The van der Waals surface area contributed by atoms with E-state index in [1.165, 1.54) is 33.6 Å². The summed E-state index contributed by atoms with van der Waals surface area (Å²) in [6, 6.07) is 11.5. The molecule has 1 nitrogen and oxygen atoms in total. The van der Waals surface area contributed by atoms with Crippen LogP contribution in [0.5, 0.6) is 0 Å². The number of hydrogen-bond acceptors (Lipinski definition) is 1. The Kier molecular flexibility index (Phi) is 4.15. The Hall–Kier alpha value is -1.28. The predicted molar refractivity (Wildman–Crippen MR) is 113 cm³/mol. The zero-order chi connectivity index (χ0) is 18.8. The van der Waals surface area contributed by atoms with Gasteiger partial charge in [0.05, 0.1) is 5.69 Å². The molecule has 3 rings (SSSR count). The van der Waals surface area contributed by atoms with E-state index in [0.717, 1.165) is 4.47 Å². The van der Waals surface area contributed by atoms with Gasteiger partial charge in [-0.3, -0.25) is 0 Å². The lowest BCUT2D eigenvalue weighted by Crippen LogP contribution is -2.28. The van der Waals surface area contributed by atoms with Crippen LogP contribution in [0.4, 0.5) is 11.4 Å². The second-order valence-electron chi connectivity index (χ2n) is 9.89. The molecule has 0 amide bonds. The van der Waals surface area contributed by atoms with Gasteiger partial charge >= 0.3 is 0 Å². The maximum absolute atomic E-state index is 3.81. The van der Waals surface area contributed by atoms with E-state index in [4.69, 9.17) is 0 Å². The lowest BCUT2D eigenvalue weighted by atomic mass is 9.71. The number of fused-ring (bicyclic) bond motifs is 2. The molecule has 0 saturated heterocycles. The molecule has 2 aromatic rings. The molecule has 0 fully saturated rings. The topological polar surface area (TPSA) is 12.0 Å². The summed E-state index contributed by atoms with van der Waals surface area (Å²) in [5.74, 6) is 0. The van der Waals surface area contributed by atoms with Gasteiger partial charge in [0.1, 0.15) is 0 Å². The minimum Gasteiger partial charge on any atom is -0.354 e. The molecule has 2 heteroatoms. The van der Waals surface area contributed by atoms with Crippen LogP contribution in [0.1, 0.15) is 77.6 Å². The summed E-state index contributed by atoms with van der Waals surface area (Å²) in [4.78, 5) is 0. The number of benzene rings is 2. The molecule has 0 bridgehead atoms. The number of hydrogen-bond donors (Lipinski definition) is 1. The van der Waals surface area contributed by atoms with Gasteiger partial charge in [0, 0.05) is 15.6 Å². The van der Waals surface area contributed by atoms with E-state index in [1.54, 1.807) is 0 Å². The van der Waals surface area contributed by atoms with E-state index < -0.39 is 0 Å². The van der Waals surface area contributed by atoms with Crippen LogP contribution in [0.15, 0.2) is 34.8 Å². The van der Waals surface area contributed by atoms with Gasteiger partial charge in [-0.15, -0.1) is 0 Å². The second-order valence-corrected chi connectivity index (χ2v) is 10.7. The standard InChI is InChI=1S/C23H30BrN/c1-21(2,3)14-9-10-19-16(11-14)23(7,8)17-12-15(22(4,5)6)13-18(24)20(17)25-19/h9-13,25H,1-8H3. The van der Waals surface area contributed by atoms with Crippen molar-refractivity contribution in [2.75, 3.05) is 5.32 Å². The molecule has 0 atom stereocenters. The van der Waals surface area contributed by atoms with Crippen molar-refractivity contribution in [3.63, 3.8) is 0 Å². The number of nitrogens with one attached hydrogen (secondary N) is 1. The molecule has 0 aliphatic carbocycles. The highest BCUT2D eigenvalue weighted by Gasteiger charge is 2.35. The van der Waals surface area contributed by atoms with Crippen molar-refractivity contribution in [1.29, 1.82) is 0 Å². The van der Waals surface area contributed by atoms with Crippen molar-refractivity contribution in [2.24, 2.45) is 0 Å². The molecule has 0 aromatic heterocycles. The van der Waals surface area contributed by atoms with Crippen LogP contribution >= 0.6 is 15.9 Å². The Labute approximate surface area is 161 Å². The molecule has 1 aliphatic rings. The molecule has 1 aliphatic heterocycles. The highest BCUT2D eigenvalue weighted by atomic mass is 79.9. The first kappa shape index (κ1) is 18.5. The van der Waals surface area contributed by atoms with Crippen molar-refractivity contribution in [1.82, 2.24) is 0 Å². The fraction of sp³-hybridized carbons (Fsp3) is 0.478. The maximum Gasteiger partial charge on any atom is 0.0570 e. The maximum atomic E-state index is 3.81. The van der Waals surface area contributed by atoms with E-state index >= 15 is 0 Å². The molecule has 134 valence electrons. The van der Waals surface area contributed by atoms with Crippen LogP contribution < -0.4 is 5.32 Å². The van der Waals surface area contributed by atoms with Gasteiger partial charge in [0.2, 0.25) is 0 Å². The van der Waals surface area contributed by atoms with E-state index in [0.29, 0.717) is 0 Å². The first-order valence-electron chi connectivity index (χ1n) is 9.08. The van der Waals surface area contributed by atoms with Crippen molar-refractivity contribution in [2.45, 2.75) is 71.6 Å². The summed E-state index contributed by atoms with van der Waals surface area (Å²) >= 11 is 3.81. The first-order valence-corrected chi connectivity index (χ1v) is 9.87. The number of halogens is 1. The second kappa shape index (κ2) is 5.61. The molecule has 0 unspecified atom stereocenters. The minimum absolute atomic E-state index is 0.0407. The van der Waals surface area contributed by atoms with Gasteiger partial charge in [-0.05, 0) is 61.1 Å². The van der Waals surface area contributed by atoms with Crippen molar-refractivity contribution < 1.29 is 0 Å². The van der Waals surface area contributed by atoms with E-state index in [1.807, 2.05) is 0 Å². The van der Waals surface area contributed by atoms with Gasteiger partial charge in [0.15, 0.2) is 0 Å². The zero-order valence-electron chi connectivity index (χ0n) is 16.8. The summed E-state index contributed by atoms with van der Waals surface area (Å²) < 4.78 is 1.15. The molecular weight excluding hydrogens is 370 g/mol. The zero-order valence-corrected chi connectivity index (χ0v) is 18.4. The van der Waals surface area contributed by atoms with Crippen molar-refractivity contribution in [3.8, 4) is 0 Å². The fourth-order valence-electron chi connectivity index (χ4n) is 3.58. The molecule has 0 spiro atoms. The molecule has 1 N–H and O–H groups in total. The summed E-state index contributed by atoms with van der Waals surface area (Å²) in [5.41, 5.74) is 8.15. The highest BCUT2D eigenvalue weighted by Crippen LogP contribution is 2.49. The molecule has 2 aromatic carbocycles. The lowest BCUT2D eigenvalue weighted by Gasteiger charge is -2.38. The quantitative estimate of drug-likeness (QED) is 0.485. The van der Waals surface area contributed by atoms with Gasteiger partial charge < -0.3 is 5.32 Å². The van der Waals surface area contributed by atoms with E-state index in [2.05, 4.69) is 107 Å². The van der Waals surface area contributed by atoms with Crippen molar-refractivity contribution in [3.05, 3.63) is 57.1 Å².